The van der Waals surface area contributed by atoms with Crippen molar-refractivity contribution in [1.29, 1.82) is 0 Å². The van der Waals surface area contributed by atoms with Crippen LogP contribution in [0.5, 0.6) is 0 Å². The molecule has 5 N–H and O–H groups in total. The minimum Gasteiger partial charge on any atom is -0.478 e. The van der Waals surface area contributed by atoms with Crippen LogP contribution in [0.15, 0.2) is 61.1 Å². The minimum atomic E-state index is -1.04. The van der Waals surface area contributed by atoms with Crippen molar-refractivity contribution in [2.24, 2.45) is 0 Å². The van der Waals surface area contributed by atoms with E-state index in [-0.39, 0.29) is 16.9 Å². The number of urea groups is 1. The van der Waals surface area contributed by atoms with E-state index >= 15 is 0 Å². The van der Waals surface area contributed by atoms with Crippen molar-refractivity contribution in [2.45, 2.75) is 6.92 Å². The number of hydrogen-bond acceptors (Lipinski definition) is 6. The molecule has 0 saturated heterocycles. The minimum absolute atomic E-state index is 0.133. The van der Waals surface area contributed by atoms with Crippen LogP contribution in [0.4, 0.5) is 27.7 Å². The van der Waals surface area contributed by atoms with Gasteiger partial charge in [-0.3, -0.25) is 15.1 Å². The molecule has 3 rings (SSSR count). The van der Waals surface area contributed by atoms with Crippen molar-refractivity contribution in [3.05, 3.63) is 72.2 Å². The van der Waals surface area contributed by atoms with E-state index in [4.69, 9.17) is 5.11 Å². The third-order valence-electron chi connectivity index (χ3n) is 4.06. The lowest BCUT2D eigenvalue weighted by Crippen LogP contribution is -2.28. The second-order valence-electron chi connectivity index (χ2n) is 6.30. The molecule has 0 unspecified atom stereocenters. The first-order valence-corrected chi connectivity index (χ1v) is 9.33. The summed E-state index contributed by atoms with van der Waals surface area (Å²) in [5, 5.41) is 20.0. The number of aromatic nitrogens is 2. The van der Waals surface area contributed by atoms with E-state index in [1.54, 1.807) is 37.4 Å². The van der Waals surface area contributed by atoms with Gasteiger partial charge in [-0.05, 0) is 43.3 Å². The number of carboxylic acids is 1. The van der Waals surface area contributed by atoms with Gasteiger partial charge < -0.3 is 21.1 Å². The van der Waals surface area contributed by atoms with Crippen LogP contribution in [-0.4, -0.2) is 39.5 Å². The average molecular weight is 420 g/mol. The molecule has 0 saturated carbocycles. The molecule has 3 aromatic rings. The van der Waals surface area contributed by atoms with E-state index in [2.05, 4.69) is 31.2 Å². The first kappa shape index (κ1) is 21.2. The van der Waals surface area contributed by atoms with E-state index in [9.17, 15) is 14.4 Å². The third-order valence-corrected chi connectivity index (χ3v) is 4.06. The third kappa shape index (κ3) is 5.76. The molecule has 0 fully saturated rings. The molecule has 2 heterocycles. The van der Waals surface area contributed by atoms with Crippen molar-refractivity contribution in [2.75, 3.05) is 22.5 Å². The van der Waals surface area contributed by atoms with Crippen LogP contribution in [0.1, 0.15) is 27.6 Å². The Hall–Kier alpha value is -4.47. The maximum absolute atomic E-state index is 12.8. The zero-order valence-electron chi connectivity index (χ0n) is 16.5. The lowest BCUT2D eigenvalue weighted by Gasteiger charge is -2.14. The van der Waals surface area contributed by atoms with Gasteiger partial charge in [-0.25, -0.2) is 14.6 Å². The lowest BCUT2D eigenvalue weighted by molar-refractivity contribution is 0.0696. The van der Waals surface area contributed by atoms with E-state index in [0.29, 0.717) is 23.6 Å². The molecular weight excluding hydrogens is 400 g/mol. The molecule has 0 radical (unpaired) electrons. The van der Waals surface area contributed by atoms with Crippen LogP contribution in [0, 0.1) is 0 Å². The van der Waals surface area contributed by atoms with Gasteiger partial charge in [0, 0.05) is 30.7 Å². The van der Waals surface area contributed by atoms with Gasteiger partial charge in [-0.2, -0.15) is 0 Å². The van der Waals surface area contributed by atoms with Gasteiger partial charge in [0.1, 0.15) is 5.82 Å². The number of pyridine rings is 2. The normalized spacial score (nSPS) is 10.1. The Bertz CT molecular complexity index is 1090. The Kier molecular flexibility index (Phi) is 6.74. The maximum Gasteiger partial charge on any atom is 0.335 e. The molecule has 3 amide bonds. The molecule has 1 aromatic carbocycles. The lowest BCUT2D eigenvalue weighted by atomic mass is 10.1. The van der Waals surface area contributed by atoms with Crippen LogP contribution in [0.3, 0.4) is 0 Å². The van der Waals surface area contributed by atoms with E-state index in [1.807, 2.05) is 0 Å². The smallest absolute Gasteiger partial charge is 0.335 e. The van der Waals surface area contributed by atoms with Crippen LogP contribution in [0.2, 0.25) is 0 Å². The summed E-state index contributed by atoms with van der Waals surface area (Å²) in [5.74, 6) is -1.25. The summed E-state index contributed by atoms with van der Waals surface area (Å²) in [6.07, 6.45) is 4.43. The van der Waals surface area contributed by atoms with Crippen LogP contribution in [-0.2, 0) is 0 Å². The highest BCUT2D eigenvalue weighted by atomic mass is 16.4. The predicted octanol–water partition coefficient (Wildman–Crippen LogP) is 3.31. The largest absolute Gasteiger partial charge is 0.478 e. The molecule has 10 heteroatoms. The number of carbonyl (C=O) groups is 3. The SMILES string of the molecule is CCNC(=O)Nc1cc(Nc2ccc(C(=O)O)cc2)c(C(=O)Nc2cccnc2)cn1. The van der Waals surface area contributed by atoms with Gasteiger partial charge in [-0.1, -0.05) is 0 Å². The molecule has 0 aliphatic carbocycles. The number of rotatable bonds is 7. The summed E-state index contributed by atoms with van der Waals surface area (Å²) >= 11 is 0. The van der Waals surface area contributed by atoms with Crippen molar-refractivity contribution in [1.82, 2.24) is 15.3 Å². The number of carboxylic acid groups (broad SMARTS) is 1. The van der Waals surface area contributed by atoms with Crippen molar-refractivity contribution >= 4 is 40.8 Å². The molecule has 0 bridgehead atoms. The average Bonchev–Trinajstić information content (AvgIpc) is 2.75. The zero-order valence-corrected chi connectivity index (χ0v) is 16.5. The number of aromatic carboxylic acids is 1. The first-order chi connectivity index (χ1) is 15.0. The van der Waals surface area contributed by atoms with Gasteiger partial charge in [0.15, 0.2) is 0 Å². The second kappa shape index (κ2) is 9.83. The van der Waals surface area contributed by atoms with Crippen molar-refractivity contribution in [3.8, 4) is 0 Å². The number of hydrogen-bond donors (Lipinski definition) is 5. The predicted molar refractivity (Wildman–Crippen MR) is 116 cm³/mol. The molecular formula is C21H20N6O4. The van der Waals surface area contributed by atoms with Crippen molar-refractivity contribution in [3.63, 3.8) is 0 Å². The van der Waals surface area contributed by atoms with E-state index < -0.39 is 17.9 Å². The highest BCUT2D eigenvalue weighted by Crippen LogP contribution is 2.24. The molecule has 0 aliphatic heterocycles. The molecule has 2 aromatic heterocycles. The van der Waals surface area contributed by atoms with Crippen LogP contribution < -0.4 is 21.3 Å². The summed E-state index contributed by atoms with van der Waals surface area (Å²) in [6.45, 7) is 2.23. The summed E-state index contributed by atoms with van der Waals surface area (Å²) in [4.78, 5) is 43.8. The zero-order chi connectivity index (χ0) is 22.2. The molecule has 158 valence electrons. The van der Waals surface area contributed by atoms with Gasteiger partial charge >= 0.3 is 12.0 Å². The fourth-order valence-corrected chi connectivity index (χ4v) is 2.62. The Balaban J connectivity index is 1.90. The van der Waals surface area contributed by atoms with Gasteiger partial charge in [0.25, 0.3) is 5.91 Å². The summed E-state index contributed by atoms with van der Waals surface area (Å²) in [6, 6.07) is 10.5. The number of benzene rings is 1. The summed E-state index contributed by atoms with van der Waals surface area (Å²) in [7, 11) is 0. The molecule has 31 heavy (non-hydrogen) atoms. The standard InChI is InChI=1S/C21H20N6O4/c1-2-23-21(31)27-18-10-17(25-14-7-5-13(6-8-14)20(29)30)16(12-24-18)19(28)26-15-4-3-9-22-11-15/h3-12H,2H2,1H3,(H,26,28)(H,29,30)(H3,23,24,25,27,31). The van der Waals surface area contributed by atoms with E-state index in [0.717, 1.165) is 0 Å². The molecule has 10 nitrogen and oxygen atoms in total. The Morgan fingerprint density at radius 1 is 1.00 bits per heavy atom. The number of amides is 3. The van der Waals surface area contributed by atoms with Crippen LogP contribution in [0.25, 0.3) is 0 Å². The quantitative estimate of drug-likeness (QED) is 0.394. The highest BCUT2D eigenvalue weighted by molar-refractivity contribution is 6.08. The second-order valence-corrected chi connectivity index (χ2v) is 6.30. The monoisotopic (exact) mass is 420 g/mol. The Morgan fingerprint density at radius 3 is 2.42 bits per heavy atom. The Morgan fingerprint density at radius 2 is 1.77 bits per heavy atom. The van der Waals surface area contributed by atoms with Crippen molar-refractivity contribution < 1.29 is 19.5 Å². The van der Waals surface area contributed by atoms with Gasteiger partial charge in [0.05, 0.1) is 28.7 Å². The summed E-state index contributed by atoms with van der Waals surface area (Å²) in [5.41, 5.74) is 1.77. The van der Waals surface area contributed by atoms with Crippen LogP contribution >= 0.6 is 0 Å². The fourth-order valence-electron chi connectivity index (χ4n) is 2.62. The van der Waals surface area contributed by atoms with Gasteiger partial charge in [-0.15, -0.1) is 0 Å². The summed E-state index contributed by atoms with van der Waals surface area (Å²) < 4.78 is 0. The molecule has 0 spiro atoms. The highest BCUT2D eigenvalue weighted by Gasteiger charge is 2.15. The van der Waals surface area contributed by atoms with Gasteiger partial charge in [0.2, 0.25) is 0 Å². The molecule has 0 aliphatic rings. The number of nitrogens with one attached hydrogen (secondary N) is 4. The number of anilines is 4. The fraction of sp³-hybridized carbons (Fsp3) is 0.0952. The maximum atomic E-state index is 12.8. The molecule has 0 atom stereocenters. The van der Waals surface area contributed by atoms with E-state index in [1.165, 1.54) is 30.6 Å². The Labute approximate surface area is 177 Å². The number of carbonyl (C=O) groups excluding carboxylic acids is 2. The first-order valence-electron chi connectivity index (χ1n) is 9.33. The number of nitrogens with zero attached hydrogens (tertiary/aromatic N) is 2. The topological polar surface area (TPSA) is 145 Å².